The van der Waals surface area contributed by atoms with Gasteiger partial charge >= 0.3 is 6.09 Å². The molecule has 1 atom stereocenters. The fourth-order valence-corrected chi connectivity index (χ4v) is 2.00. The highest BCUT2D eigenvalue weighted by molar-refractivity contribution is 6.29. The predicted octanol–water partition coefficient (Wildman–Crippen LogP) is 1.77. The van der Waals surface area contributed by atoms with E-state index >= 15 is 0 Å². The number of aliphatic hydroxyl groups is 1. The molecule has 1 aromatic heterocycles. The number of rotatable bonds is 4. The summed E-state index contributed by atoms with van der Waals surface area (Å²) in [7, 11) is 0. The third-order valence-corrected chi connectivity index (χ3v) is 3.06. The Labute approximate surface area is 124 Å². The summed E-state index contributed by atoms with van der Waals surface area (Å²) < 4.78 is 13.4. The van der Waals surface area contributed by atoms with E-state index in [1.807, 2.05) is 0 Å². The highest BCUT2D eigenvalue weighted by atomic mass is 35.5. The van der Waals surface area contributed by atoms with Crippen LogP contribution in [0.25, 0.3) is 0 Å². The Morgan fingerprint density at radius 1 is 1.38 bits per heavy atom. The number of benzene rings is 1. The van der Waals surface area contributed by atoms with E-state index in [-0.39, 0.29) is 16.4 Å². The molecule has 0 aliphatic carbocycles. The van der Waals surface area contributed by atoms with Gasteiger partial charge in [0.05, 0.1) is 12.2 Å². The van der Waals surface area contributed by atoms with E-state index in [1.165, 1.54) is 24.3 Å². The van der Waals surface area contributed by atoms with Gasteiger partial charge in [-0.3, -0.25) is 0 Å². The molecule has 1 unspecified atom stereocenters. The normalized spacial score (nSPS) is 13.5. The Hall–Kier alpha value is -2.25. The summed E-state index contributed by atoms with van der Waals surface area (Å²) >= 11 is 5.76. The van der Waals surface area contributed by atoms with Crippen LogP contribution in [0.15, 0.2) is 36.7 Å². The Kier molecular flexibility index (Phi) is 4.35. The van der Waals surface area contributed by atoms with Gasteiger partial charge in [-0.25, -0.2) is 19.2 Å². The summed E-state index contributed by atoms with van der Waals surface area (Å²) in [6, 6.07) is 6.46. The molecule has 3 N–H and O–H groups in total. The predicted molar refractivity (Wildman–Crippen MR) is 72.5 cm³/mol. The van der Waals surface area contributed by atoms with Crippen molar-refractivity contribution in [3.05, 3.63) is 58.9 Å². The van der Waals surface area contributed by atoms with E-state index in [4.69, 9.17) is 16.7 Å². The van der Waals surface area contributed by atoms with Crippen molar-refractivity contribution >= 4 is 17.7 Å². The Morgan fingerprint density at radius 3 is 2.76 bits per heavy atom. The van der Waals surface area contributed by atoms with E-state index in [1.54, 1.807) is 0 Å². The summed E-state index contributed by atoms with van der Waals surface area (Å²) in [5.41, 5.74) is -1.67. The van der Waals surface area contributed by atoms with Crippen LogP contribution in [0, 0.1) is 5.82 Å². The monoisotopic (exact) mass is 311 g/mol. The lowest BCUT2D eigenvalue weighted by Crippen LogP contribution is -2.42. The maximum absolute atomic E-state index is 13.4. The first kappa shape index (κ1) is 15.1. The number of nitrogens with zero attached hydrogens (tertiary/aromatic N) is 2. The smallest absolute Gasteiger partial charge is 0.404 e. The first-order chi connectivity index (χ1) is 9.91. The third kappa shape index (κ3) is 3.45. The van der Waals surface area contributed by atoms with Crippen LogP contribution in [0.5, 0.6) is 0 Å². The SMILES string of the molecule is O=C(O)NCC(O)(c1cccc(F)c1)c1cc(Cl)ncn1. The van der Waals surface area contributed by atoms with Crippen molar-refractivity contribution in [2.45, 2.75) is 5.60 Å². The minimum atomic E-state index is -1.87. The van der Waals surface area contributed by atoms with Gasteiger partial charge < -0.3 is 15.5 Å². The summed E-state index contributed by atoms with van der Waals surface area (Å²) in [5.74, 6) is -0.568. The van der Waals surface area contributed by atoms with E-state index in [0.29, 0.717) is 0 Å². The Bertz CT molecular complexity index is 623. The van der Waals surface area contributed by atoms with Gasteiger partial charge in [-0.2, -0.15) is 0 Å². The van der Waals surface area contributed by atoms with Gasteiger partial charge in [0.15, 0.2) is 0 Å². The van der Waals surface area contributed by atoms with Crippen molar-refractivity contribution in [1.29, 1.82) is 0 Å². The topological polar surface area (TPSA) is 95.3 Å². The number of nitrogens with one attached hydrogen (secondary N) is 1. The zero-order valence-corrected chi connectivity index (χ0v) is 11.4. The molecule has 2 aromatic rings. The van der Waals surface area contributed by atoms with E-state index < -0.39 is 24.1 Å². The second-order valence-corrected chi connectivity index (χ2v) is 4.64. The van der Waals surface area contributed by atoms with E-state index in [0.717, 1.165) is 12.4 Å². The van der Waals surface area contributed by atoms with E-state index in [9.17, 15) is 14.3 Å². The number of hydrogen-bond acceptors (Lipinski definition) is 4. The average molecular weight is 312 g/mol. The summed E-state index contributed by atoms with van der Waals surface area (Å²) in [5, 5.41) is 21.7. The molecule has 1 amide bonds. The van der Waals surface area contributed by atoms with Crippen molar-refractivity contribution in [3.8, 4) is 0 Å². The van der Waals surface area contributed by atoms with Crippen molar-refractivity contribution in [1.82, 2.24) is 15.3 Å². The van der Waals surface area contributed by atoms with Crippen LogP contribution in [-0.4, -0.2) is 32.8 Å². The van der Waals surface area contributed by atoms with Gasteiger partial charge in [0.2, 0.25) is 0 Å². The fourth-order valence-electron chi connectivity index (χ4n) is 1.85. The molecule has 1 aromatic carbocycles. The molecule has 21 heavy (non-hydrogen) atoms. The van der Waals surface area contributed by atoms with E-state index in [2.05, 4.69) is 15.3 Å². The Morgan fingerprint density at radius 2 is 2.14 bits per heavy atom. The van der Waals surface area contributed by atoms with Gasteiger partial charge in [0.25, 0.3) is 0 Å². The number of aromatic nitrogens is 2. The molecule has 0 spiro atoms. The zero-order chi connectivity index (χ0) is 15.5. The van der Waals surface area contributed by atoms with Crippen LogP contribution in [0.1, 0.15) is 11.3 Å². The lowest BCUT2D eigenvalue weighted by Gasteiger charge is -2.28. The molecule has 0 saturated carbocycles. The molecule has 0 fully saturated rings. The minimum Gasteiger partial charge on any atom is -0.465 e. The van der Waals surface area contributed by atoms with Crippen molar-refractivity contribution < 1.29 is 19.4 Å². The quantitative estimate of drug-likeness (QED) is 0.748. The molecule has 6 nitrogen and oxygen atoms in total. The molecular weight excluding hydrogens is 301 g/mol. The number of carbonyl (C=O) groups is 1. The third-order valence-electron chi connectivity index (χ3n) is 2.86. The van der Waals surface area contributed by atoms with Gasteiger partial charge in [-0.05, 0) is 17.7 Å². The molecule has 0 aliphatic rings. The Balaban J connectivity index is 2.50. The number of carboxylic acid groups (broad SMARTS) is 1. The molecular formula is C13H11ClFN3O3. The first-order valence-corrected chi connectivity index (χ1v) is 6.23. The summed E-state index contributed by atoms with van der Waals surface area (Å²) in [4.78, 5) is 18.3. The van der Waals surface area contributed by atoms with Crippen LogP contribution in [0.4, 0.5) is 9.18 Å². The van der Waals surface area contributed by atoms with Crippen molar-refractivity contribution in [2.24, 2.45) is 0 Å². The van der Waals surface area contributed by atoms with Crippen LogP contribution in [0.2, 0.25) is 5.15 Å². The molecule has 0 saturated heterocycles. The highest BCUT2D eigenvalue weighted by Gasteiger charge is 2.34. The average Bonchev–Trinajstić information content (AvgIpc) is 2.44. The summed E-state index contributed by atoms with van der Waals surface area (Å²) in [6.45, 7) is -0.418. The molecule has 0 aliphatic heterocycles. The number of amides is 1. The molecule has 1 heterocycles. The van der Waals surface area contributed by atoms with Crippen LogP contribution in [-0.2, 0) is 5.60 Å². The van der Waals surface area contributed by atoms with Gasteiger partial charge in [0, 0.05) is 6.07 Å². The number of hydrogen-bond donors (Lipinski definition) is 3. The van der Waals surface area contributed by atoms with Crippen LogP contribution in [0.3, 0.4) is 0 Å². The molecule has 110 valence electrons. The molecule has 0 radical (unpaired) electrons. The van der Waals surface area contributed by atoms with Gasteiger partial charge in [-0.1, -0.05) is 23.7 Å². The van der Waals surface area contributed by atoms with Gasteiger partial charge in [0.1, 0.15) is 22.9 Å². The standard InChI is InChI=1S/C13H11ClFN3O3/c14-11-5-10(17-7-18-11)13(21,6-16-12(19)20)8-2-1-3-9(15)4-8/h1-5,7,16,21H,6H2,(H,19,20). The lowest BCUT2D eigenvalue weighted by molar-refractivity contribution is 0.0739. The molecule has 2 rings (SSSR count). The minimum absolute atomic E-state index is 0.0573. The maximum Gasteiger partial charge on any atom is 0.404 e. The first-order valence-electron chi connectivity index (χ1n) is 5.85. The maximum atomic E-state index is 13.4. The largest absolute Gasteiger partial charge is 0.465 e. The van der Waals surface area contributed by atoms with Crippen LogP contribution >= 0.6 is 11.6 Å². The molecule has 0 bridgehead atoms. The van der Waals surface area contributed by atoms with Crippen molar-refractivity contribution in [2.75, 3.05) is 6.54 Å². The number of halogens is 2. The van der Waals surface area contributed by atoms with Gasteiger partial charge in [-0.15, -0.1) is 0 Å². The zero-order valence-electron chi connectivity index (χ0n) is 10.6. The second-order valence-electron chi connectivity index (χ2n) is 4.26. The molecule has 8 heteroatoms. The summed E-state index contributed by atoms with van der Waals surface area (Å²) in [6.07, 6.45) is -0.201. The second kappa shape index (κ2) is 6.02. The van der Waals surface area contributed by atoms with Crippen LogP contribution < -0.4 is 5.32 Å². The van der Waals surface area contributed by atoms with Crippen molar-refractivity contribution in [3.63, 3.8) is 0 Å². The fraction of sp³-hybridized carbons (Fsp3) is 0.154. The highest BCUT2D eigenvalue weighted by Crippen LogP contribution is 2.29. The lowest BCUT2D eigenvalue weighted by atomic mass is 9.90.